The van der Waals surface area contributed by atoms with Crippen LogP contribution in [0.3, 0.4) is 0 Å². The van der Waals surface area contributed by atoms with E-state index in [1.165, 1.54) is 5.56 Å². The summed E-state index contributed by atoms with van der Waals surface area (Å²) in [6.07, 6.45) is 3.97. The van der Waals surface area contributed by atoms with E-state index in [2.05, 4.69) is 27.0 Å². The molecule has 5 heteroatoms. The van der Waals surface area contributed by atoms with Crippen molar-refractivity contribution in [1.82, 2.24) is 10.3 Å². The van der Waals surface area contributed by atoms with Crippen LogP contribution in [0.15, 0.2) is 42.6 Å². The molecule has 1 heterocycles. The van der Waals surface area contributed by atoms with Gasteiger partial charge in [-0.2, -0.15) is 0 Å². The molecule has 0 saturated heterocycles. The average Bonchev–Trinajstić information content (AvgIpc) is 2.92. The van der Waals surface area contributed by atoms with Crippen LogP contribution in [-0.4, -0.2) is 18.1 Å². The van der Waals surface area contributed by atoms with Gasteiger partial charge in [0, 0.05) is 24.6 Å². The number of anilines is 2. The number of urea groups is 1. The van der Waals surface area contributed by atoms with Crippen molar-refractivity contribution < 1.29 is 4.79 Å². The van der Waals surface area contributed by atoms with E-state index < -0.39 is 0 Å². The lowest BCUT2D eigenvalue weighted by Crippen LogP contribution is -2.24. The quantitative estimate of drug-likeness (QED) is 0.811. The number of nitrogens with one attached hydrogen (secondary N) is 3. The van der Waals surface area contributed by atoms with Crippen molar-refractivity contribution in [2.45, 2.75) is 18.9 Å². The highest BCUT2D eigenvalue weighted by Gasteiger charge is 2.23. The van der Waals surface area contributed by atoms with Gasteiger partial charge in [0.15, 0.2) is 0 Å². The van der Waals surface area contributed by atoms with Crippen LogP contribution in [0.1, 0.15) is 23.7 Å². The van der Waals surface area contributed by atoms with E-state index in [1.807, 2.05) is 36.5 Å². The van der Waals surface area contributed by atoms with Gasteiger partial charge >= 0.3 is 6.03 Å². The number of aromatic nitrogens is 1. The Kier molecular flexibility index (Phi) is 3.73. The van der Waals surface area contributed by atoms with Crippen molar-refractivity contribution in [1.29, 1.82) is 0 Å². The van der Waals surface area contributed by atoms with Gasteiger partial charge in [0.25, 0.3) is 0 Å². The van der Waals surface area contributed by atoms with Crippen molar-refractivity contribution in [3.63, 3.8) is 0 Å². The maximum absolute atomic E-state index is 11.2. The lowest BCUT2D eigenvalue weighted by atomic mass is 10.2. The number of pyridine rings is 1. The number of nitrogens with zero attached hydrogens (tertiary/aromatic N) is 1. The Bertz CT molecular complexity index is 639. The second-order valence-corrected chi connectivity index (χ2v) is 5.06. The molecular formula is C16H18N4O. The molecule has 0 bridgehead atoms. The van der Waals surface area contributed by atoms with E-state index in [0.717, 1.165) is 29.9 Å². The highest BCUT2D eigenvalue weighted by molar-refractivity contribution is 5.89. The summed E-state index contributed by atoms with van der Waals surface area (Å²) >= 11 is 0. The molecule has 1 aliphatic rings. The monoisotopic (exact) mass is 282 g/mol. The molecule has 3 rings (SSSR count). The van der Waals surface area contributed by atoms with Crippen LogP contribution >= 0.6 is 0 Å². The molecule has 2 amide bonds. The zero-order valence-electron chi connectivity index (χ0n) is 11.9. The number of fused-ring (bicyclic) bond motifs is 1. The summed E-state index contributed by atoms with van der Waals surface area (Å²) < 4.78 is 0. The standard InChI is InChI=1S/C16H18N4O/c1-17-16(21)20-13-7-5-12(6-8-13)19-14-9-4-11-3-2-10-18-15(11)14/h2-3,5-8,10,14,19H,4,9H2,1H3,(H2,17,20,21). The first-order valence-electron chi connectivity index (χ1n) is 7.05. The first-order chi connectivity index (χ1) is 10.3. The second kappa shape index (κ2) is 5.83. The molecule has 0 spiro atoms. The Hall–Kier alpha value is -2.56. The molecule has 1 aromatic carbocycles. The summed E-state index contributed by atoms with van der Waals surface area (Å²) in [6.45, 7) is 0. The Morgan fingerprint density at radius 3 is 2.71 bits per heavy atom. The summed E-state index contributed by atoms with van der Waals surface area (Å²) in [4.78, 5) is 15.7. The van der Waals surface area contributed by atoms with Gasteiger partial charge in [0.2, 0.25) is 0 Å². The zero-order valence-corrected chi connectivity index (χ0v) is 11.9. The van der Waals surface area contributed by atoms with Gasteiger partial charge < -0.3 is 16.0 Å². The number of carbonyl (C=O) groups excluding carboxylic acids is 1. The number of amides is 2. The van der Waals surface area contributed by atoms with Crippen molar-refractivity contribution in [2.75, 3.05) is 17.7 Å². The highest BCUT2D eigenvalue weighted by Crippen LogP contribution is 2.32. The normalized spacial score (nSPS) is 16.1. The summed E-state index contributed by atoms with van der Waals surface area (Å²) in [6, 6.07) is 11.9. The van der Waals surface area contributed by atoms with Crippen LogP contribution in [0.5, 0.6) is 0 Å². The van der Waals surface area contributed by atoms with Gasteiger partial charge in [0.05, 0.1) is 11.7 Å². The van der Waals surface area contributed by atoms with E-state index in [1.54, 1.807) is 7.05 Å². The molecule has 5 nitrogen and oxygen atoms in total. The number of aryl methyl sites for hydroxylation is 1. The maximum atomic E-state index is 11.2. The van der Waals surface area contributed by atoms with Gasteiger partial charge in [-0.25, -0.2) is 4.79 Å². The third-order valence-corrected chi connectivity index (χ3v) is 3.67. The minimum absolute atomic E-state index is 0.218. The second-order valence-electron chi connectivity index (χ2n) is 5.06. The smallest absolute Gasteiger partial charge is 0.318 e. The van der Waals surface area contributed by atoms with Crippen molar-refractivity contribution in [2.24, 2.45) is 0 Å². The molecule has 108 valence electrons. The maximum Gasteiger partial charge on any atom is 0.318 e. The molecule has 0 fully saturated rings. The Morgan fingerprint density at radius 1 is 1.19 bits per heavy atom. The highest BCUT2D eigenvalue weighted by atomic mass is 16.2. The number of hydrogen-bond acceptors (Lipinski definition) is 3. The van der Waals surface area contributed by atoms with Gasteiger partial charge in [0.1, 0.15) is 0 Å². The van der Waals surface area contributed by atoms with Crippen LogP contribution in [-0.2, 0) is 6.42 Å². The molecular weight excluding hydrogens is 264 g/mol. The molecule has 1 atom stereocenters. The molecule has 1 aromatic heterocycles. The molecule has 3 N–H and O–H groups in total. The fraction of sp³-hybridized carbons (Fsp3) is 0.250. The van der Waals surface area contributed by atoms with Crippen molar-refractivity contribution >= 4 is 17.4 Å². The van der Waals surface area contributed by atoms with E-state index in [-0.39, 0.29) is 12.1 Å². The van der Waals surface area contributed by atoms with E-state index >= 15 is 0 Å². The fourth-order valence-electron chi connectivity index (χ4n) is 2.60. The van der Waals surface area contributed by atoms with Gasteiger partial charge in [-0.3, -0.25) is 4.98 Å². The van der Waals surface area contributed by atoms with E-state index in [0.29, 0.717) is 0 Å². The van der Waals surface area contributed by atoms with Crippen LogP contribution in [0.4, 0.5) is 16.2 Å². The fourth-order valence-corrected chi connectivity index (χ4v) is 2.60. The Labute approximate surface area is 123 Å². The minimum Gasteiger partial charge on any atom is -0.377 e. The molecule has 21 heavy (non-hydrogen) atoms. The molecule has 2 aromatic rings. The number of carbonyl (C=O) groups is 1. The van der Waals surface area contributed by atoms with Crippen LogP contribution in [0.2, 0.25) is 0 Å². The van der Waals surface area contributed by atoms with Gasteiger partial charge in [-0.15, -0.1) is 0 Å². The van der Waals surface area contributed by atoms with E-state index in [9.17, 15) is 4.79 Å². The van der Waals surface area contributed by atoms with E-state index in [4.69, 9.17) is 0 Å². The SMILES string of the molecule is CNC(=O)Nc1ccc(NC2CCc3cccnc32)cc1. The van der Waals surface area contributed by atoms with Crippen LogP contribution in [0, 0.1) is 0 Å². The predicted octanol–water partition coefficient (Wildman–Crippen LogP) is 2.93. The molecule has 0 saturated carbocycles. The number of benzene rings is 1. The first kappa shape index (κ1) is 13.4. The summed E-state index contributed by atoms with van der Waals surface area (Å²) in [7, 11) is 1.59. The topological polar surface area (TPSA) is 66.1 Å². The third-order valence-electron chi connectivity index (χ3n) is 3.67. The lowest BCUT2D eigenvalue weighted by Gasteiger charge is -2.15. The van der Waals surface area contributed by atoms with Gasteiger partial charge in [-0.05, 0) is 48.7 Å². The molecule has 0 aliphatic heterocycles. The molecule has 1 aliphatic carbocycles. The van der Waals surface area contributed by atoms with Crippen LogP contribution in [0.25, 0.3) is 0 Å². The first-order valence-corrected chi connectivity index (χ1v) is 7.05. The molecule has 0 radical (unpaired) electrons. The number of rotatable bonds is 3. The Balaban J connectivity index is 1.68. The lowest BCUT2D eigenvalue weighted by molar-refractivity contribution is 0.254. The Morgan fingerprint density at radius 2 is 1.95 bits per heavy atom. The van der Waals surface area contributed by atoms with Crippen LogP contribution < -0.4 is 16.0 Å². The van der Waals surface area contributed by atoms with Crippen molar-refractivity contribution in [3.05, 3.63) is 53.9 Å². The summed E-state index contributed by atoms with van der Waals surface area (Å²) in [5.41, 5.74) is 4.27. The minimum atomic E-state index is -0.218. The predicted molar refractivity (Wildman–Crippen MR) is 83.4 cm³/mol. The average molecular weight is 282 g/mol. The largest absolute Gasteiger partial charge is 0.377 e. The summed E-state index contributed by atoms with van der Waals surface area (Å²) in [5, 5.41) is 8.76. The third kappa shape index (κ3) is 2.97. The van der Waals surface area contributed by atoms with Gasteiger partial charge in [-0.1, -0.05) is 6.07 Å². The zero-order chi connectivity index (χ0) is 14.7. The molecule has 1 unspecified atom stereocenters. The summed E-state index contributed by atoms with van der Waals surface area (Å²) in [5.74, 6) is 0. The van der Waals surface area contributed by atoms with Crippen molar-refractivity contribution in [3.8, 4) is 0 Å². The number of hydrogen-bond donors (Lipinski definition) is 3.